The van der Waals surface area contributed by atoms with Gasteiger partial charge in [-0.15, -0.1) is 0 Å². The van der Waals surface area contributed by atoms with Crippen LogP contribution >= 0.6 is 0 Å². The fourth-order valence-corrected chi connectivity index (χ4v) is 0.877. The monoisotopic (exact) mass is 197 g/mol. The summed E-state index contributed by atoms with van der Waals surface area (Å²) in [5.74, 6) is 0. The third-order valence-corrected chi connectivity index (χ3v) is 1.61. The molecule has 0 heterocycles. The van der Waals surface area contributed by atoms with E-state index in [0.29, 0.717) is 5.69 Å². The maximum absolute atomic E-state index is 10.6. The van der Waals surface area contributed by atoms with Crippen molar-refractivity contribution in [3.8, 4) is 0 Å². The Morgan fingerprint density at radius 3 is 2.57 bits per heavy atom. The molecule has 76 valence electrons. The zero-order valence-corrected chi connectivity index (χ0v) is 7.69. The summed E-state index contributed by atoms with van der Waals surface area (Å²) >= 11 is 0. The zero-order valence-electron chi connectivity index (χ0n) is 7.69. The molecule has 0 saturated heterocycles. The van der Waals surface area contributed by atoms with E-state index in [2.05, 4.69) is 4.74 Å². The molecule has 0 atom stereocenters. The van der Waals surface area contributed by atoms with Crippen LogP contribution in [0.25, 0.3) is 0 Å². The molecule has 0 fully saturated rings. The Kier molecular flexibility index (Phi) is 3.75. The molecule has 0 aliphatic carbocycles. The number of anilines is 1. The number of carbonyl (C=O) groups excluding carboxylic acids is 1. The van der Waals surface area contributed by atoms with Crippen LogP contribution in [0.2, 0.25) is 0 Å². The molecule has 0 aliphatic rings. The van der Waals surface area contributed by atoms with Gasteiger partial charge in [-0.2, -0.15) is 0 Å². The van der Waals surface area contributed by atoms with Crippen molar-refractivity contribution in [2.75, 3.05) is 12.6 Å². The van der Waals surface area contributed by atoms with Crippen LogP contribution in [0, 0.1) is 0 Å². The lowest BCUT2D eigenvalue weighted by molar-refractivity contribution is 0.0669. The number of carbonyl (C=O) groups is 1. The molecular weight excluding hydrogens is 186 g/mol. The third-order valence-electron chi connectivity index (χ3n) is 1.61. The van der Waals surface area contributed by atoms with Gasteiger partial charge in [0.1, 0.15) is 6.61 Å². The van der Waals surface area contributed by atoms with Crippen molar-refractivity contribution in [2.45, 2.75) is 6.61 Å². The molecule has 2 N–H and O–H groups in total. The van der Waals surface area contributed by atoms with E-state index in [0.717, 1.165) is 5.56 Å². The normalized spacial score (nSPS) is 9.29. The second-order valence-electron chi connectivity index (χ2n) is 2.55. The first-order chi connectivity index (χ1) is 6.76. The number of hydrogen-bond donors (Lipinski definition) is 2. The van der Waals surface area contributed by atoms with E-state index in [1.165, 1.54) is 7.11 Å². The van der Waals surface area contributed by atoms with Crippen LogP contribution in [0.15, 0.2) is 24.3 Å². The van der Waals surface area contributed by atoms with E-state index in [1.807, 2.05) is 5.48 Å². The van der Waals surface area contributed by atoms with Crippen molar-refractivity contribution < 1.29 is 19.5 Å². The maximum Gasteiger partial charge on any atom is 0.508 e. The minimum atomic E-state index is -0.714. The highest BCUT2D eigenvalue weighted by molar-refractivity contribution is 5.59. The number of rotatable bonds is 3. The minimum Gasteiger partial charge on any atom is -0.438 e. The summed E-state index contributed by atoms with van der Waals surface area (Å²) in [6.07, 6.45) is -0.714. The molecule has 1 aromatic rings. The van der Waals surface area contributed by atoms with E-state index >= 15 is 0 Å². The smallest absolute Gasteiger partial charge is 0.438 e. The van der Waals surface area contributed by atoms with Crippen molar-refractivity contribution >= 4 is 11.8 Å². The predicted molar refractivity (Wildman–Crippen MR) is 49.0 cm³/mol. The first-order valence-electron chi connectivity index (χ1n) is 3.96. The molecule has 14 heavy (non-hydrogen) atoms. The summed E-state index contributed by atoms with van der Waals surface area (Å²) in [7, 11) is 1.25. The molecule has 1 aromatic carbocycles. The van der Waals surface area contributed by atoms with E-state index in [4.69, 9.17) is 9.94 Å². The molecule has 0 aromatic heterocycles. The summed E-state index contributed by atoms with van der Waals surface area (Å²) in [5.41, 5.74) is 3.39. The lowest BCUT2D eigenvalue weighted by Gasteiger charge is -2.03. The van der Waals surface area contributed by atoms with Crippen molar-refractivity contribution in [1.82, 2.24) is 0 Å². The van der Waals surface area contributed by atoms with Crippen LogP contribution in [0.4, 0.5) is 10.5 Å². The van der Waals surface area contributed by atoms with Gasteiger partial charge in [0.2, 0.25) is 0 Å². The van der Waals surface area contributed by atoms with Gasteiger partial charge in [0.25, 0.3) is 0 Å². The van der Waals surface area contributed by atoms with Gasteiger partial charge in [0, 0.05) is 0 Å². The van der Waals surface area contributed by atoms with Crippen molar-refractivity contribution in [1.29, 1.82) is 0 Å². The summed E-state index contributed by atoms with van der Waals surface area (Å²) < 4.78 is 9.01. The van der Waals surface area contributed by atoms with E-state index in [9.17, 15) is 4.79 Å². The van der Waals surface area contributed by atoms with Crippen LogP contribution in [-0.2, 0) is 16.1 Å². The molecule has 0 unspecified atom stereocenters. The van der Waals surface area contributed by atoms with Crippen molar-refractivity contribution in [3.63, 3.8) is 0 Å². The van der Waals surface area contributed by atoms with Crippen LogP contribution in [0.5, 0.6) is 0 Å². The Bertz CT molecular complexity index is 296. The second-order valence-corrected chi connectivity index (χ2v) is 2.55. The number of hydrogen-bond acceptors (Lipinski definition) is 5. The Balaban J connectivity index is 2.47. The highest BCUT2D eigenvalue weighted by Crippen LogP contribution is 2.09. The van der Waals surface area contributed by atoms with Gasteiger partial charge >= 0.3 is 6.16 Å². The maximum atomic E-state index is 10.6. The fourth-order valence-electron chi connectivity index (χ4n) is 0.877. The minimum absolute atomic E-state index is 0.151. The van der Waals surface area contributed by atoms with E-state index < -0.39 is 6.16 Å². The molecule has 0 aliphatic heterocycles. The highest BCUT2D eigenvalue weighted by atomic mass is 16.7. The van der Waals surface area contributed by atoms with Gasteiger partial charge < -0.3 is 9.47 Å². The molecule has 5 heteroatoms. The molecule has 5 nitrogen and oxygen atoms in total. The number of methoxy groups -OCH3 is 1. The Hall–Kier alpha value is -1.75. The predicted octanol–water partition coefficient (Wildman–Crippen LogP) is 1.77. The number of benzene rings is 1. The molecule has 0 saturated carbocycles. The summed E-state index contributed by atoms with van der Waals surface area (Å²) in [5, 5.41) is 8.53. The quantitative estimate of drug-likeness (QED) is 0.571. The second kappa shape index (κ2) is 5.08. The van der Waals surface area contributed by atoms with Crippen LogP contribution in [-0.4, -0.2) is 18.5 Å². The summed E-state index contributed by atoms with van der Waals surface area (Å²) in [6, 6.07) is 6.77. The Labute approximate surface area is 81.2 Å². The lowest BCUT2D eigenvalue weighted by Crippen LogP contribution is -2.03. The van der Waals surface area contributed by atoms with Gasteiger partial charge in [-0.1, -0.05) is 12.1 Å². The molecule has 0 radical (unpaired) electrons. The first-order valence-corrected chi connectivity index (χ1v) is 3.96. The highest BCUT2D eigenvalue weighted by Gasteiger charge is 2.00. The average molecular weight is 197 g/mol. The first kappa shape index (κ1) is 10.3. The third kappa shape index (κ3) is 2.95. The molecule has 0 amide bonds. The van der Waals surface area contributed by atoms with Gasteiger partial charge in [-0.05, 0) is 17.7 Å². The van der Waals surface area contributed by atoms with Crippen LogP contribution in [0.3, 0.4) is 0 Å². The fraction of sp³-hybridized carbons (Fsp3) is 0.222. The van der Waals surface area contributed by atoms with E-state index in [1.54, 1.807) is 24.3 Å². The Morgan fingerprint density at radius 2 is 2.07 bits per heavy atom. The molecular formula is C9H11NO4. The Morgan fingerprint density at radius 1 is 1.43 bits per heavy atom. The molecule has 0 spiro atoms. The summed E-state index contributed by atoms with van der Waals surface area (Å²) in [4.78, 5) is 10.6. The zero-order chi connectivity index (χ0) is 10.4. The largest absolute Gasteiger partial charge is 0.508 e. The van der Waals surface area contributed by atoms with Crippen molar-refractivity contribution in [3.05, 3.63) is 29.8 Å². The van der Waals surface area contributed by atoms with Gasteiger partial charge in [-0.3, -0.25) is 10.7 Å². The van der Waals surface area contributed by atoms with Crippen LogP contribution < -0.4 is 5.48 Å². The molecule has 1 rings (SSSR count). The average Bonchev–Trinajstić information content (AvgIpc) is 2.26. The number of nitrogens with one attached hydrogen (secondary N) is 1. The standard InChI is InChI=1S/C9H11NO4/c1-13-9(11)14-6-7-2-4-8(10-12)5-3-7/h2-5,10,12H,6H2,1H3. The number of ether oxygens (including phenoxy) is 2. The van der Waals surface area contributed by atoms with Gasteiger partial charge in [-0.25, -0.2) is 4.79 Å². The SMILES string of the molecule is COC(=O)OCc1ccc(NO)cc1. The summed E-state index contributed by atoms with van der Waals surface area (Å²) in [6.45, 7) is 0.151. The molecule has 0 bridgehead atoms. The van der Waals surface area contributed by atoms with Crippen LogP contribution in [0.1, 0.15) is 5.56 Å². The van der Waals surface area contributed by atoms with Crippen molar-refractivity contribution in [2.24, 2.45) is 0 Å². The van der Waals surface area contributed by atoms with E-state index in [-0.39, 0.29) is 6.61 Å². The van der Waals surface area contributed by atoms with Gasteiger partial charge in [0.05, 0.1) is 12.8 Å². The topological polar surface area (TPSA) is 67.8 Å². The van der Waals surface area contributed by atoms with Gasteiger partial charge in [0.15, 0.2) is 0 Å². The lowest BCUT2D eigenvalue weighted by atomic mass is 10.2.